The highest BCUT2D eigenvalue weighted by Crippen LogP contribution is 2.18. The summed E-state index contributed by atoms with van der Waals surface area (Å²) in [4.78, 5) is 85.3. The molecule has 0 bridgehead atoms. The molecule has 15 N–H and O–H groups in total. The summed E-state index contributed by atoms with van der Waals surface area (Å²) in [5, 5.41) is 32.2. The predicted molar refractivity (Wildman–Crippen MR) is 214 cm³/mol. The van der Waals surface area contributed by atoms with Gasteiger partial charge in [0.2, 0.25) is 29.5 Å². The zero-order valence-corrected chi connectivity index (χ0v) is 32.2. The second kappa shape index (κ2) is 22.7. The second-order valence-electron chi connectivity index (χ2n) is 13.5. The lowest BCUT2D eigenvalue weighted by atomic mass is 10.0. The number of rotatable bonds is 12. The fourth-order valence-electron chi connectivity index (χ4n) is 5.79. The maximum atomic E-state index is 13.9. The van der Waals surface area contributed by atoms with Crippen LogP contribution in [0.25, 0.3) is 10.8 Å². The average molecular weight is 844 g/mol. The number of fused-ring (bicyclic) bond motifs is 1. The molecule has 1 aliphatic heterocycles. The Morgan fingerprint density at radius 3 is 1.62 bits per heavy atom. The second-order valence-corrected chi connectivity index (χ2v) is 13.5. The molecule has 5 amide bonds. The monoisotopic (exact) mass is 843 g/mol. The lowest BCUT2D eigenvalue weighted by Crippen LogP contribution is -2.58. The van der Waals surface area contributed by atoms with Gasteiger partial charge in [0, 0.05) is 25.9 Å². The van der Waals surface area contributed by atoms with Crippen LogP contribution in [0.3, 0.4) is 0 Å². The fraction of sp³-hybridized carbons (Fsp3) is 0.368. The summed E-state index contributed by atoms with van der Waals surface area (Å²) < 4.78 is 31.7. The summed E-state index contributed by atoms with van der Waals surface area (Å²) in [7, 11) is 0. The van der Waals surface area contributed by atoms with Crippen molar-refractivity contribution in [1.82, 2.24) is 26.6 Å². The molecule has 3 aromatic rings. The minimum absolute atomic E-state index is 0.00775. The fourth-order valence-corrected chi connectivity index (χ4v) is 5.79. The number of carboxylic acids is 1. The van der Waals surface area contributed by atoms with Gasteiger partial charge in [-0.1, -0.05) is 54.6 Å². The van der Waals surface area contributed by atoms with Gasteiger partial charge in [-0.25, -0.2) is 4.79 Å². The summed E-state index contributed by atoms with van der Waals surface area (Å²) >= 11 is 0. The number of aromatic hydroxyl groups is 1. The number of amides is 5. The summed E-state index contributed by atoms with van der Waals surface area (Å²) in [6, 6.07) is 14.7. The molecule has 1 heterocycles. The van der Waals surface area contributed by atoms with Gasteiger partial charge in [-0.05, 0) is 59.7 Å². The molecular weight excluding hydrogens is 795 g/mol. The molecule has 324 valence electrons. The van der Waals surface area contributed by atoms with E-state index in [9.17, 15) is 42.3 Å². The molecule has 3 aromatic carbocycles. The molecule has 1 saturated heterocycles. The Hall–Kier alpha value is -7.13. The summed E-state index contributed by atoms with van der Waals surface area (Å²) in [5.41, 5.74) is 23.2. The van der Waals surface area contributed by atoms with E-state index in [4.69, 9.17) is 32.8 Å². The number of nitrogens with two attached hydrogens (primary N) is 4. The number of guanidine groups is 2. The molecule has 60 heavy (non-hydrogen) atoms. The molecule has 0 spiro atoms. The molecule has 0 radical (unpaired) electrons. The Kier molecular flexibility index (Phi) is 17.9. The number of hydrogen-bond donors (Lipinski definition) is 11. The molecule has 0 aliphatic carbocycles. The molecule has 0 saturated carbocycles. The van der Waals surface area contributed by atoms with E-state index in [1.54, 1.807) is 12.1 Å². The molecule has 0 unspecified atom stereocenters. The van der Waals surface area contributed by atoms with E-state index in [0.717, 1.165) is 16.3 Å². The first-order valence-electron chi connectivity index (χ1n) is 18.5. The minimum Gasteiger partial charge on any atom is -0.508 e. The van der Waals surface area contributed by atoms with Crippen LogP contribution in [0.5, 0.6) is 5.75 Å². The highest BCUT2D eigenvalue weighted by Gasteiger charge is 2.38. The number of benzene rings is 3. The van der Waals surface area contributed by atoms with Crippen LogP contribution in [-0.2, 0) is 41.6 Å². The van der Waals surface area contributed by atoms with Crippen molar-refractivity contribution in [2.24, 2.45) is 32.9 Å². The minimum atomic E-state index is -5.08. The molecule has 4 atom stereocenters. The quantitative estimate of drug-likeness (QED) is 0.0603. The number of nitrogens with one attached hydrogen (secondary N) is 5. The van der Waals surface area contributed by atoms with Gasteiger partial charge < -0.3 is 59.7 Å². The van der Waals surface area contributed by atoms with E-state index < -0.39 is 72.4 Å². The third-order valence-corrected chi connectivity index (χ3v) is 8.74. The van der Waals surface area contributed by atoms with Crippen LogP contribution in [0.2, 0.25) is 0 Å². The van der Waals surface area contributed by atoms with E-state index in [0.29, 0.717) is 5.56 Å². The number of carbonyl (C=O) groups is 6. The zero-order chi connectivity index (χ0) is 44.4. The Morgan fingerprint density at radius 2 is 1.10 bits per heavy atom. The van der Waals surface area contributed by atoms with Crippen LogP contribution in [0, 0.1) is 0 Å². The number of nitrogens with zero attached hydrogens (tertiary/aromatic N) is 2. The standard InChI is InChI=1S/C36H47N11O6.C2HF3O2/c37-35(38)41-15-3-7-26-32(51)45-27(8-4-16-42-36(39)40)33(52)47-28(19-22-9-12-23-5-1-2-6-24(23)17-22)31(50)43-20-30(49)44-29(34(53)46-26)18-21-10-13-25(48)14-11-21;3-2(4,5)1(6)7/h1-2,5-6,9-14,17,26-29,48H,3-4,7-8,15-16,18-20H2,(H,43,50)(H,44,49)(H,45,51)(H,46,53)(H,47,52)(H4,37,38,41)(H4,39,40,42);(H,6,7)/t26-,27-,28-,29+;/m0./s1. The topological polar surface area (TPSA) is 332 Å². The van der Waals surface area contributed by atoms with Crippen molar-refractivity contribution >= 4 is 58.2 Å². The van der Waals surface area contributed by atoms with Gasteiger partial charge in [-0.15, -0.1) is 0 Å². The number of phenols is 1. The number of alkyl halides is 3. The maximum absolute atomic E-state index is 13.9. The van der Waals surface area contributed by atoms with E-state index in [1.165, 1.54) is 12.1 Å². The Morgan fingerprint density at radius 1 is 0.650 bits per heavy atom. The Bertz CT molecular complexity index is 2040. The number of carbonyl (C=O) groups excluding carboxylic acids is 5. The van der Waals surface area contributed by atoms with Crippen molar-refractivity contribution in [3.05, 3.63) is 77.9 Å². The summed E-state index contributed by atoms with van der Waals surface area (Å²) in [5.74, 6) is -6.42. The highest BCUT2D eigenvalue weighted by molar-refractivity contribution is 5.97. The molecule has 22 heteroatoms. The predicted octanol–water partition coefficient (Wildman–Crippen LogP) is -0.860. The smallest absolute Gasteiger partial charge is 0.490 e. The first-order valence-corrected chi connectivity index (χ1v) is 18.5. The third-order valence-electron chi connectivity index (χ3n) is 8.74. The van der Waals surface area contributed by atoms with Crippen molar-refractivity contribution in [1.29, 1.82) is 0 Å². The molecule has 1 fully saturated rings. The van der Waals surface area contributed by atoms with Gasteiger partial charge in [-0.3, -0.25) is 34.0 Å². The van der Waals surface area contributed by atoms with Gasteiger partial charge >= 0.3 is 12.1 Å². The number of carboxylic acid groups (broad SMARTS) is 1. The van der Waals surface area contributed by atoms with Crippen LogP contribution in [0.1, 0.15) is 36.8 Å². The lowest BCUT2D eigenvalue weighted by molar-refractivity contribution is -0.192. The average Bonchev–Trinajstić information content (AvgIpc) is 3.18. The van der Waals surface area contributed by atoms with E-state index >= 15 is 0 Å². The Balaban J connectivity index is 0.00000126. The van der Waals surface area contributed by atoms with Crippen molar-refractivity contribution in [2.75, 3.05) is 19.6 Å². The van der Waals surface area contributed by atoms with E-state index in [-0.39, 0.29) is 69.3 Å². The van der Waals surface area contributed by atoms with E-state index in [1.807, 2.05) is 42.5 Å². The number of phenolic OH excluding ortho intramolecular Hbond substituents is 1. The van der Waals surface area contributed by atoms with Crippen molar-refractivity contribution in [3.63, 3.8) is 0 Å². The zero-order valence-electron chi connectivity index (χ0n) is 32.2. The van der Waals surface area contributed by atoms with Crippen LogP contribution in [0.15, 0.2) is 76.7 Å². The van der Waals surface area contributed by atoms with Crippen LogP contribution in [0.4, 0.5) is 13.2 Å². The van der Waals surface area contributed by atoms with Gasteiger partial charge in [0.25, 0.3) is 0 Å². The first kappa shape index (κ1) is 47.2. The van der Waals surface area contributed by atoms with Crippen LogP contribution in [-0.4, -0.2) is 108 Å². The first-order chi connectivity index (χ1) is 28.3. The van der Waals surface area contributed by atoms with Crippen LogP contribution >= 0.6 is 0 Å². The number of hydrogen-bond acceptors (Lipinski definition) is 9. The SMILES string of the molecule is NC(N)=NCCC[C@@H]1NC(=O)[C@H](CCCN=C(N)N)NC(=O)[C@@H](Cc2ccc(O)cc2)NC(=O)CNC(=O)[C@H](Cc2ccc3ccccc3c2)NC1=O.O=C(O)C(F)(F)F. The highest BCUT2D eigenvalue weighted by atomic mass is 19.4. The van der Waals surface area contributed by atoms with Gasteiger partial charge in [0.1, 0.15) is 29.9 Å². The molecule has 1 aliphatic rings. The van der Waals surface area contributed by atoms with Crippen molar-refractivity contribution in [3.8, 4) is 5.75 Å². The van der Waals surface area contributed by atoms with E-state index in [2.05, 4.69) is 36.6 Å². The third kappa shape index (κ3) is 16.4. The number of halogens is 3. The summed E-state index contributed by atoms with van der Waals surface area (Å²) in [6.07, 6.45) is -4.31. The number of aliphatic imine (C=N–C) groups is 2. The maximum Gasteiger partial charge on any atom is 0.490 e. The molecule has 4 rings (SSSR count). The summed E-state index contributed by atoms with van der Waals surface area (Å²) in [6.45, 7) is -0.194. The Labute approximate surface area is 341 Å². The van der Waals surface area contributed by atoms with Crippen LogP contribution < -0.4 is 49.5 Å². The normalized spacial score (nSPS) is 19.0. The molecule has 19 nitrogen and oxygen atoms in total. The molecular formula is C38H48F3N11O8. The van der Waals surface area contributed by atoms with Crippen molar-refractivity contribution < 1.29 is 52.2 Å². The van der Waals surface area contributed by atoms with Gasteiger partial charge in [0.05, 0.1) is 6.54 Å². The molecule has 0 aromatic heterocycles. The number of aliphatic carboxylic acids is 1. The van der Waals surface area contributed by atoms with Gasteiger partial charge in [0.15, 0.2) is 11.9 Å². The largest absolute Gasteiger partial charge is 0.508 e. The van der Waals surface area contributed by atoms with Gasteiger partial charge in [-0.2, -0.15) is 13.2 Å². The van der Waals surface area contributed by atoms with Crippen molar-refractivity contribution in [2.45, 2.75) is 68.9 Å². The lowest BCUT2D eigenvalue weighted by Gasteiger charge is -2.26.